The molecule has 6 heterocycles. The predicted molar refractivity (Wildman–Crippen MR) is 116 cm³/mol. The topological polar surface area (TPSA) is 262 Å². The molecule has 0 aliphatic rings. The van der Waals surface area contributed by atoms with Crippen molar-refractivity contribution >= 4 is 0 Å². The molecule has 6 aromatic heterocycles. The number of nitrogens with one attached hydrogen (secondary N) is 3. The molecule has 0 aliphatic heterocycles. The Hall–Kier alpha value is -4.35. The monoisotopic (exact) mass is 512 g/mol. The van der Waals surface area contributed by atoms with E-state index in [9.17, 15) is 0 Å². The second-order valence-corrected chi connectivity index (χ2v) is 5.45. The number of aromatic nitrogens is 12. The summed E-state index contributed by atoms with van der Waals surface area (Å²) in [6, 6.07) is 0. The van der Waals surface area contributed by atoms with E-state index in [1.807, 2.05) is 0 Å². The average Bonchev–Trinajstić information content (AvgIpc) is 3.66. The molecule has 9 N–H and O–H groups in total. The summed E-state index contributed by atoms with van der Waals surface area (Å²) in [6.45, 7) is 0. The second-order valence-electron chi connectivity index (χ2n) is 5.45. The number of aromatic amines is 3. The van der Waals surface area contributed by atoms with Crippen LogP contribution < -0.4 is 15.0 Å². The van der Waals surface area contributed by atoms with E-state index in [1.54, 1.807) is 74.4 Å². The SMILES string of the molecule is O.O.O.[Co+3].c1c[n-]c(-c2ncc[nH]2)n1.c1c[n-]c(-c2ncc[nH]2)n1.c1c[n-]c(-c2ncc[nH]2)n1. The van der Waals surface area contributed by atoms with Gasteiger partial charge in [-0.15, -0.1) is 0 Å². The van der Waals surface area contributed by atoms with Gasteiger partial charge in [0.05, 0.1) is 0 Å². The van der Waals surface area contributed by atoms with Crippen LogP contribution in [0.1, 0.15) is 0 Å². The van der Waals surface area contributed by atoms with Crippen LogP contribution in [0.5, 0.6) is 0 Å². The third-order valence-corrected chi connectivity index (χ3v) is 3.51. The van der Waals surface area contributed by atoms with E-state index in [2.05, 4.69) is 59.8 Å². The van der Waals surface area contributed by atoms with Gasteiger partial charge in [0.2, 0.25) is 0 Å². The van der Waals surface area contributed by atoms with Crippen LogP contribution in [-0.2, 0) is 16.8 Å². The molecule has 16 heteroatoms. The van der Waals surface area contributed by atoms with Crippen molar-refractivity contribution in [2.45, 2.75) is 0 Å². The third-order valence-electron chi connectivity index (χ3n) is 3.51. The summed E-state index contributed by atoms with van der Waals surface area (Å²) in [7, 11) is 0. The molecule has 34 heavy (non-hydrogen) atoms. The largest absolute Gasteiger partial charge is 3.00 e. The molecule has 0 radical (unpaired) electrons. The van der Waals surface area contributed by atoms with Crippen LogP contribution in [0.4, 0.5) is 0 Å². The molecule has 0 spiro atoms. The molecule has 0 bridgehead atoms. The number of hydrogen-bond donors (Lipinski definition) is 3. The number of nitrogens with zero attached hydrogens (tertiary/aromatic N) is 9. The Kier molecular flexibility index (Phi) is 13.5. The van der Waals surface area contributed by atoms with Crippen molar-refractivity contribution in [3.05, 3.63) is 74.4 Å². The molecule has 0 fully saturated rings. The molecule has 0 amide bonds. The van der Waals surface area contributed by atoms with E-state index in [0.717, 1.165) is 0 Å². The molecular formula is C18H21CoN12O3. The first-order chi connectivity index (χ1) is 14.9. The molecule has 0 atom stereocenters. The average molecular weight is 512 g/mol. The van der Waals surface area contributed by atoms with Gasteiger partial charge in [-0.2, -0.15) is 0 Å². The maximum Gasteiger partial charge on any atom is 3.00 e. The molecule has 0 saturated carbocycles. The molecular weight excluding hydrogens is 491 g/mol. The van der Waals surface area contributed by atoms with Crippen LogP contribution in [0.15, 0.2) is 74.4 Å². The Labute approximate surface area is 202 Å². The Morgan fingerprint density at radius 3 is 0.912 bits per heavy atom. The van der Waals surface area contributed by atoms with Gasteiger partial charge in [0.25, 0.3) is 0 Å². The molecule has 6 aromatic rings. The summed E-state index contributed by atoms with van der Waals surface area (Å²) in [5, 5.41) is 0. The van der Waals surface area contributed by atoms with E-state index < -0.39 is 0 Å². The number of imidazole rings is 6. The molecule has 15 nitrogen and oxygen atoms in total. The van der Waals surface area contributed by atoms with Crippen molar-refractivity contribution in [1.29, 1.82) is 0 Å². The molecule has 0 unspecified atom stereocenters. The maximum atomic E-state index is 3.98. The second kappa shape index (κ2) is 15.4. The fraction of sp³-hybridized carbons (Fsp3) is 0. The van der Waals surface area contributed by atoms with E-state index in [-0.39, 0.29) is 33.2 Å². The summed E-state index contributed by atoms with van der Waals surface area (Å²) < 4.78 is 0. The first-order valence-corrected chi connectivity index (χ1v) is 8.70. The van der Waals surface area contributed by atoms with Crippen LogP contribution in [0.3, 0.4) is 0 Å². The summed E-state index contributed by atoms with van der Waals surface area (Å²) in [4.78, 5) is 44.4. The van der Waals surface area contributed by atoms with Gasteiger partial charge < -0.3 is 61.3 Å². The Bertz CT molecular complexity index is 922. The smallest absolute Gasteiger partial charge is 0.440 e. The van der Waals surface area contributed by atoms with Crippen molar-refractivity contribution in [2.24, 2.45) is 0 Å². The standard InChI is InChI=1S/3C6H5N4.Co.3H2O/c3*1-2-8-5(7-1)6-9-3-4-10-6;;;;/h3*1-4H,(H-,7,8,9,10);;3*1H2/q3*-1;+3;;;. The van der Waals surface area contributed by atoms with Gasteiger partial charge in [-0.25, -0.2) is 15.0 Å². The fourth-order valence-corrected chi connectivity index (χ4v) is 2.25. The van der Waals surface area contributed by atoms with Gasteiger partial charge in [-0.3, -0.25) is 0 Å². The summed E-state index contributed by atoms with van der Waals surface area (Å²) >= 11 is 0. The molecule has 6 rings (SSSR count). The zero-order valence-corrected chi connectivity index (χ0v) is 18.3. The number of rotatable bonds is 3. The van der Waals surface area contributed by atoms with E-state index in [1.165, 1.54) is 0 Å². The van der Waals surface area contributed by atoms with Gasteiger partial charge in [0.15, 0.2) is 0 Å². The minimum absolute atomic E-state index is 0. The van der Waals surface area contributed by atoms with Crippen LogP contribution >= 0.6 is 0 Å². The first kappa shape index (κ1) is 29.6. The van der Waals surface area contributed by atoms with Gasteiger partial charge >= 0.3 is 16.8 Å². The van der Waals surface area contributed by atoms with Gasteiger partial charge in [-0.1, -0.05) is 37.2 Å². The van der Waals surface area contributed by atoms with Crippen molar-refractivity contribution in [1.82, 2.24) is 59.8 Å². The van der Waals surface area contributed by atoms with Crippen LogP contribution in [-0.4, -0.2) is 61.3 Å². The molecule has 0 aromatic carbocycles. The molecule has 0 saturated heterocycles. The van der Waals surface area contributed by atoms with E-state index >= 15 is 0 Å². The van der Waals surface area contributed by atoms with Gasteiger partial charge in [0, 0.05) is 37.2 Å². The van der Waals surface area contributed by atoms with Gasteiger partial charge in [-0.05, 0) is 17.5 Å². The van der Waals surface area contributed by atoms with Crippen molar-refractivity contribution in [2.75, 3.05) is 0 Å². The quantitative estimate of drug-likeness (QED) is 0.257. The molecule has 0 aliphatic carbocycles. The summed E-state index contributed by atoms with van der Waals surface area (Å²) in [6.07, 6.45) is 20.1. The number of H-pyrrole nitrogens is 3. The van der Waals surface area contributed by atoms with Crippen LogP contribution in [0, 0.1) is 0 Å². The minimum atomic E-state index is 0. The Balaban J connectivity index is 0.000000454. The van der Waals surface area contributed by atoms with Crippen LogP contribution in [0.25, 0.3) is 34.9 Å². The van der Waals surface area contributed by atoms with E-state index in [0.29, 0.717) is 34.9 Å². The minimum Gasteiger partial charge on any atom is -0.440 e. The van der Waals surface area contributed by atoms with Crippen molar-refractivity contribution < 1.29 is 33.2 Å². The van der Waals surface area contributed by atoms with Crippen molar-refractivity contribution in [3.63, 3.8) is 0 Å². The van der Waals surface area contributed by atoms with E-state index in [4.69, 9.17) is 0 Å². The third kappa shape index (κ3) is 7.96. The first-order valence-electron chi connectivity index (χ1n) is 8.70. The van der Waals surface area contributed by atoms with Crippen molar-refractivity contribution in [3.8, 4) is 34.9 Å². The Morgan fingerprint density at radius 1 is 0.441 bits per heavy atom. The normalized spacial score (nSPS) is 8.82. The zero-order chi connectivity index (χ0) is 20.4. The van der Waals surface area contributed by atoms with Crippen LogP contribution in [0.2, 0.25) is 0 Å². The zero-order valence-electron chi connectivity index (χ0n) is 17.3. The summed E-state index contributed by atoms with van der Waals surface area (Å²) in [5.41, 5.74) is 0. The predicted octanol–water partition coefficient (Wildman–Crippen LogP) is -1.19. The van der Waals surface area contributed by atoms with Gasteiger partial charge in [0.1, 0.15) is 17.5 Å². The fourth-order valence-electron chi connectivity index (χ4n) is 2.25. The maximum absolute atomic E-state index is 3.98. The number of hydrogen-bond acceptors (Lipinski definition) is 6. The molecule has 180 valence electrons. The Morgan fingerprint density at radius 2 is 0.735 bits per heavy atom. The summed E-state index contributed by atoms with van der Waals surface area (Å²) in [5.74, 6) is 4.07.